The Hall–Kier alpha value is -2.61. The normalized spacial score (nSPS) is 18.9. The predicted octanol–water partition coefficient (Wildman–Crippen LogP) is 9.79. The molecule has 2 aromatic heterocycles. The van der Waals surface area contributed by atoms with E-state index in [2.05, 4.69) is 96.9 Å². The molecule has 41 heavy (non-hydrogen) atoms. The van der Waals surface area contributed by atoms with Gasteiger partial charge in [-0.3, -0.25) is 0 Å². The zero-order valence-electron chi connectivity index (χ0n) is 26.0. The van der Waals surface area contributed by atoms with E-state index < -0.39 is 0 Å². The minimum Gasteiger partial charge on any atom is -0.305 e. The van der Waals surface area contributed by atoms with E-state index in [4.69, 9.17) is 4.98 Å². The van der Waals surface area contributed by atoms with E-state index in [0.29, 0.717) is 0 Å². The summed E-state index contributed by atoms with van der Waals surface area (Å²) in [6, 6.07) is 27.4. The summed E-state index contributed by atoms with van der Waals surface area (Å²) in [5, 5.41) is 0. The van der Waals surface area contributed by atoms with Crippen molar-refractivity contribution >= 4 is 0 Å². The van der Waals surface area contributed by atoms with Crippen LogP contribution in [0.25, 0.3) is 22.5 Å². The number of nitrogens with zero attached hydrogens (tertiary/aromatic N) is 2. The van der Waals surface area contributed by atoms with Gasteiger partial charge in [0.25, 0.3) is 0 Å². The van der Waals surface area contributed by atoms with Gasteiger partial charge in [-0.25, -0.2) is 0 Å². The first-order valence-corrected chi connectivity index (χ1v) is 14.8. The Kier molecular flexibility index (Phi) is 8.85. The van der Waals surface area contributed by atoms with Crippen LogP contribution in [0.5, 0.6) is 0 Å². The fourth-order valence-electron chi connectivity index (χ4n) is 6.32. The first-order valence-electron chi connectivity index (χ1n) is 14.8. The van der Waals surface area contributed by atoms with Crippen LogP contribution >= 0.6 is 0 Å². The molecule has 2 nitrogen and oxygen atoms in total. The van der Waals surface area contributed by atoms with E-state index >= 15 is 0 Å². The Bertz CT molecular complexity index is 1370. The predicted molar refractivity (Wildman–Crippen MR) is 168 cm³/mol. The quantitative estimate of drug-likeness (QED) is 0.193. The van der Waals surface area contributed by atoms with Gasteiger partial charge in [0, 0.05) is 32.5 Å². The van der Waals surface area contributed by atoms with Crippen molar-refractivity contribution in [1.82, 2.24) is 9.97 Å². The van der Waals surface area contributed by atoms with Crippen LogP contribution < -0.4 is 0 Å². The molecule has 0 spiro atoms. The van der Waals surface area contributed by atoms with Crippen LogP contribution in [0.2, 0.25) is 0 Å². The maximum absolute atomic E-state index is 4.93. The number of pyridine rings is 2. The molecule has 0 N–H and O–H groups in total. The fraction of sp³-hybridized carbons (Fsp3) is 0.421. The van der Waals surface area contributed by atoms with Gasteiger partial charge in [-0.05, 0) is 69.5 Å². The summed E-state index contributed by atoms with van der Waals surface area (Å²) in [5.41, 5.74) is 10.9. The van der Waals surface area contributed by atoms with Gasteiger partial charge >= 0.3 is 0 Å². The monoisotopic (exact) mass is 721 g/mol. The molecule has 2 heterocycles. The number of hydrogen-bond donors (Lipinski definition) is 0. The molecule has 217 valence electrons. The van der Waals surface area contributed by atoms with Crippen molar-refractivity contribution in [3.05, 3.63) is 107 Å². The number of aromatic nitrogens is 2. The van der Waals surface area contributed by atoms with Crippen LogP contribution in [-0.4, -0.2) is 9.97 Å². The van der Waals surface area contributed by atoms with Crippen molar-refractivity contribution in [3.8, 4) is 22.5 Å². The molecule has 4 aromatic rings. The van der Waals surface area contributed by atoms with E-state index in [9.17, 15) is 0 Å². The minimum atomic E-state index is 0. The van der Waals surface area contributed by atoms with Crippen LogP contribution in [0.15, 0.2) is 73.1 Å². The summed E-state index contributed by atoms with van der Waals surface area (Å²) in [6.45, 7) is 19.0. The molecule has 0 saturated heterocycles. The smallest absolute Gasteiger partial charge is 0.0201 e. The summed E-state index contributed by atoms with van der Waals surface area (Å²) < 4.78 is 0. The second kappa shape index (κ2) is 11.6. The molecule has 0 amide bonds. The molecule has 2 aliphatic carbocycles. The van der Waals surface area contributed by atoms with Gasteiger partial charge in [-0.1, -0.05) is 80.0 Å². The van der Waals surface area contributed by atoms with E-state index in [0.717, 1.165) is 22.5 Å². The molecule has 0 atom stereocenters. The van der Waals surface area contributed by atoms with Gasteiger partial charge in [-0.2, -0.15) is 0 Å². The molecule has 0 bridgehead atoms. The summed E-state index contributed by atoms with van der Waals surface area (Å²) >= 11 is 0. The first-order chi connectivity index (χ1) is 18.8. The average Bonchev–Trinajstić information content (AvgIpc) is 2.95. The van der Waals surface area contributed by atoms with Crippen LogP contribution in [0.3, 0.4) is 0 Å². The van der Waals surface area contributed by atoms with Gasteiger partial charge in [0.05, 0.1) is 0 Å². The first kappa shape index (κ1) is 31.3. The van der Waals surface area contributed by atoms with Crippen molar-refractivity contribution in [2.45, 2.75) is 103 Å². The van der Waals surface area contributed by atoms with Crippen molar-refractivity contribution in [3.63, 3.8) is 0 Å². The number of rotatable bonds is 2. The molecule has 0 saturated carbocycles. The van der Waals surface area contributed by atoms with E-state index in [1.54, 1.807) is 6.20 Å². The van der Waals surface area contributed by atoms with Crippen LogP contribution in [-0.2, 0) is 41.8 Å². The molecule has 3 heteroatoms. The van der Waals surface area contributed by atoms with Gasteiger partial charge in [0.2, 0.25) is 0 Å². The Morgan fingerprint density at radius 1 is 0.561 bits per heavy atom. The molecule has 1 radical (unpaired) electrons. The van der Waals surface area contributed by atoms with Gasteiger partial charge < -0.3 is 9.97 Å². The average molecular weight is 721 g/mol. The zero-order chi connectivity index (χ0) is 28.8. The molecule has 6 rings (SSSR count). The Labute approximate surface area is 261 Å². The molecule has 2 aromatic carbocycles. The summed E-state index contributed by atoms with van der Waals surface area (Å²) in [7, 11) is 0. The molecule has 0 unspecified atom stereocenters. The van der Waals surface area contributed by atoms with Gasteiger partial charge in [-0.15, -0.1) is 70.8 Å². The standard InChI is InChI=1S/C27H36N.C11H8N.Ir/c1-24(2)11-12-25(3,4)20-15-18(9-10-19(20)24)23-16-21-22(17-28-23)27(7,8)14-13-26(21,5)6;1-2-6-10(7-3-1)11-8-4-5-9-12-11;/h10,15-17H,11-14H2,1-8H3;1-6,8-9H;/q2*-1;. The maximum atomic E-state index is 4.93. The van der Waals surface area contributed by atoms with Crippen molar-refractivity contribution in [2.24, 2.45) is 0 Å². The van der Waals surface area contributed by atoms with Crippen molar-refractivity contribution < 1.29 is 20.1 Å². The SMILES string of the molecule is CC1(C)CCC(C)(C)c2cc(-c3cc4c(cn3)C(C)(C)CCC4(C)C)[c-]cc21.[Ir].[c-]1ccccc1-c1ccccn1. The maximum Gasteiger partial charge on any atom is 0.0201 e. The Morgan fingerprint density at radius 3 is 1.73 bits per heavy atom. The summed E-state index contributed by atoms with van der Waals surface area (Å²) in [6.07, 6.45) is 8.85. The Balaban J connectivity index is 0.000000249. The van der Waals surface area contributed by atoms with Crippen LogP contribution in [0.4, 0.5) is 0 Å². The number of benzene rings is 2. The minimum absolute atomic E-state index is 0. The largest absolute Gasteiger partial charge is 0.305 e. The fourth-order valence-corrected chi connectivity index (χ4v) is 6.32. The van der Waals surface area contributed by atoms with Gasteiger partial charge in [0.1, 0.15) is 0 Å². The van der Waals surface area contributed by atoms with E-state index in [1.807, 2.05) is 42.5 Å². The molecule has 2 aliphatic rings. The number of hydrogen-bond acceptors (Lipinski definition) is 2. The van der Waals surface area contributed by atoms with Crippen molar-refractivity contribution in [1.29, 1.82) is 0 Å². The zero-order valence-corrected chi connectivity index (χ0v) is 28.4. The third-order valence-corrected chi connectivity index (χ3v) is 9.45. The van der Waals surface area contributed by atoms with E-state index in [1.165, 1.54) is 47.9 Å². The molecular weight excluding hydrogens is 677 g/mol. The topological polar surface area (TPSA) is 25.8 Å². The second-order valence-corrected chi connectivity index (χ2v) is 14.3. The van der Waals surface area contributed by atoms with Gasteiger partial charge in [0.15, 0.2) is 0 Å². The van der Waals surface area contributed by atoms with Crippen LogP contribution in [0, 0.1) is 12.1 Å². The van der Waals surface area contributed by atoms with Crippen LogP contribution in [0.1, 0.15) is 103 Å². The molecular formula is C38H44IrN2-2. The third-order valence-electron chi connectivity index (χ3n) is 9.45. The summed E-state index contributed by atoms with van der Waals surface area (Å²) in [4.78, 5) is 9.14. The molecule has 0 aliphatic heterocycles. The van der Waals surface area contributed by atoms with E-state index in [-0.39, 0.29) is 41.8 Å². The second-order valence-electron chi connectivity index (χ2n) is 14.3. The third kappa shape index (κ3) is 6.42. The number of fused-ring (bicyclic) bond motifs is 2. The van der Waals surface area contributed by atoms with Crippen molar-refractivity contribution in [2.75, 3.05) is 0 Å². The Morgan fingerprint density at radius 2 is 1.15 bits per heavy atom. The molecule has 0 fully saturated rings. The summed E-state index contributed by atoms with van der Waals surface area (Å²) in [5.74, 6) is 0.